The Hall–Kier alpha value is -3.04. The number of nitrogens with zero attached hydrogens (tertiary/aromatic N) is 1. The molecule has 2 aromatic carbocycles. The monoisotopic (exact) mass is 420 g/mol. The first-order chi connectivity index (χ1) is 13.8. The van der Waals surface area contributed by atoms with Gasteiger partial charge in [-0.2, -0.15) is 4.31 Å². The predicted octanol–water partition coefficient (Wildman–Crippen LogP) is 3.70. The molecule has 1 aromatic heterocycles. The van der Waals surface area contributed by atoms with Gasteiger partial charge in [-0.25, -0.2) is 17.2 Å². The molecule has 3 rings (SSSR count). The summed E-state index contributed by atoms with van der Waals surface area (Å²) in [7, 11) is -4.04. The van der Waals surface area contributed by atoms with Gasteiger partial charge in [-0.3, -0.25) is 4.79 Å². The van der Waals surface area contributed by atoms with Gasteiger partial charge in [0.25, 0.3) is 0 Å². The highest BCUT2D eigenvalue weighted by molar-refractivity contribution is 7.89. The van der Waals surface area contributed by atoms with Gasteiger partial charge < -0.3 is 9.73 Å². The summed E-state index contributed by atoms with van der Waals surface area (Å²) in [5, 5.41) is 2.26. The fourth-order valence-corrected chi connectivity index (χ4v) is 3.96. The molecule has 9 heteroatoms. The molecule has 0 unspecified atom stereocenters. The van der Waals surface area contributed by atoms with Crippen LogP contribution in [0.1, 0.15) is 11.3 Å². The zero-order valence-corrected chi connectivity index (χ0v) is 16.2. The molecule has 0 aliphatic rings. The first-order valence-electron chi connectivity index (χ1n) is 8.60. The fourth-order valence-electron chi connectivity index (χ4n) is 2.60. The molecule has 1 heterocycles. The maximum Gasteiger partial charge on any atom is 0.243 e. The van der Waals surface area contributed by atoms with Gasteiger partial charge in [0.2, 0.25) is 15.9 Å². The molecule has 0 aliphatic carbocycles. The quantitative estimate of drug-likeness (QED) is 0.632. The molecular weight excluding hydrogens is 402 g/mol. The molecule has 0 saturated heterocycles. The van der Waals surface area contributed by atoms with Crippen LogP contribution in [0.5, 0.6) is 0 Å². The lowest BCUT2D eigenvalue weighted by molar-refractivity contribution is -0.116. The number of nitrogens with one attached hydrogen (secondary N) is 1. The number of carbonyl (C=O) groups excluding carboxylic acids is 1. The van der Waals surface area contributed by atoms with Gasteiger partial charge in [-0.05, 0) is 43.3 Å². The standard InChI is InChI=1S/C20H18F2N2O4S/c1-14-4-7-17(8-5-14)29(26,27)24(12-16-3-2-10-28-16)13-20(25)23-19-9-6-15(21)11-18(19)22/h2-11H,12-13H2,1H3,(H,23,25). The van der Waals surface area contributed by atoms with E-state index in [1.165, 1.54) is 18.4 Å². The summed E-state index contributed by atoms with van der Waals surface area (Å²) in [5.41, 5.74) is 0.633. The first kappa shape index (κ1) is 20.7. The fraction of sp³-hybridized carbons (Fsp3) is 0.150. The molecule has 0 atom stereocenters. The minimum Gasteiger partial charge on any atom is -0.468 e. The molecule has 152 valence electrons. The number of aryl methyl sites for hydroxylation is 1. The van der Waals surface area contributed by atoms with Crippen LogP contribution in [0.3, 0.4) is 0 Å². The number of hydrogen-bond acceptors (Lipinski definition) is 4. The summed E-state index contributed by atoms with van der Waals surface area (Å²) in [6.07, 6.45) is 1.39. The average Bonchev–Trinajstić information content (AvgIpc) is 3.17. The predicted molar refractivity (Wildman–Crippen MR) is 102 cm³/mol. The van der Waals surface area contributed by atoms with Crippen molar-refractivity contribution in [3.8, 4) is 0 Å². The van der Waals surface area contributed by atoms with Crippen LogP contribution in [0, 0.1) is 18.6 Å². The zero-order chi connectivity index (χ0) is 21.0. The molecular formula is C20H18F2N2O4S. The lowest BCUT2D eigenvalue weighted by atomic mass is 10.2. The molecule has 0 spiro atoms. The topological polar surface area (TPSA) is 79.6 Å². The van der Waals surface area contributed by atoms with E-state index in [9.17, 15) is 22.0 Å². The molecule has 6 nitrogen and oxygen atoms in total. The Morgan fingerprint density at radius 3 is 2.45 bits per heavy atom. The zero-order valence-electron chi connectivity index (χ0n) is 15.4. The largest absolute Gasteiger partial charge is 0.468 e. The van der Waals surface area contributed by atoms with Gasteiger partial charge in [-0.1, -0.05) is 17.7 Å². The van der Waals surface area contributed by atoms with E-state index >= 15 is 0 Å². The van der Waals surface area contributed by atoms with Crippen molar-refractivity contribution in [2.45, 2.75) is 18.4 Å². The molecule has 1 amide bonds. The molecule has 29 heavy (non-hydrogen) atoms. The highest BCUT2D eigenvalue weighted by Gasteiger charge is 2.28. The number of rotatable bonds is 7. The Morgan fingerprint density at radius 1 is 1.10 bits per heavy atom. The van der Waals surface area contributed by atoms with E-state index in [0.717, 1.165) is 22.0 Å². The van der Waals surface area contributed by atoms with Crippen molar-refractivity contribution in [1.82, 2.24) is 4.31 Å². The summed E-state index contributed by atoms with van der Waals surface area (Å²) < 4.78 is 59.0. The smallest absolute Gasteiger partial charge is 0.243 e. The van der Waals surface area contributed by atoms with Gasteiger partial charge in [0.1, 0.15) is 17.4 Å². The number of sulfonamides is 1. The molecule has 0 aliphatic heterocycles. The number of hydrogen-bond donors (Lipinski definition) is 1. The third-order valence-corrected chi connectivity index (χ3v) is 5.90. The number of halogens is 2. The van der Waals surface area contributed by atoms with Crippen molar-refractivity contribution in [2.75, 3.05) is 11.9 Å². The number of furan rings is 1. The normalized spacial score (nSPS) is 11.6. The van der Waals surface area contributed by atoms with Crippen molar-refractivity contribution >= 4 is 21.6 Å². The van der Waals surface area contributed by atoms with Crippen molar-refractivity contribution in [2.24, 2.45) is 0 Å². The molecule has 0 bridgehead atoms. The van der Waals surface area contributed by atoms with E-state index in [1.807, 2.05) is 6.92 Å². The number of benzene rings is 2. The Kier molecular flexibility index (Phi) is 6.09. The summed E-state index contributed by atoms with van der Waals surface area (Å²) in [6.45, 7) is 1.04. The second kappa shape index (κ2) is 8.54. The van der Waals surface area contributed by atoms with E-state index in [2.05, 4.69) is 5.32 Å². The van der Waals surface area contributed by atoms with Crippen LogP contribution >= 0.6 is 0 Å². The van der Waals surface area contributed by atoms with Crippen molar-refractivity contribution < 1.29 is 26.4 Å². The average molecular weight is 420 g/mol. The lowest BCUT2D eigenvalue weighted by Gasteiger charge is -2.21. The minimum absolute atomic E-state index is 0.00965. The Balaban J connectivity index is 1.85. The summed E-state index contributed by atoms with van der Waals surface area (Å²) >= 11 is 0. The first-order valence-corrected chi connectivity index (χ1v) is 10.0. The van der Waals surface area contributed by atoms with Crippen LogP contribution < -0.4 is 5.32 Å². The van der Waals surface area contributed by atoms with E-state index in [-0.39, 0.29) is 17.1 Å². The summed E-state index contributed by atoms with van der Waals surface area (Å²) in [5.74, 6) is -2.20. The van der Waals surface area contributed by atoms with Crippen LogP contribution in [0.2, 0.25) is 0 Å². The van der Waals surface area contributed by atoms with E-state index in [4.69, 9.17) is 4.42 Å². The Morgan fingerprint density at radius 2 is 1.83 bits per heavy atom. The van der Waals surface area contributed by atoms with Crippen LogP contribution in [-0.4, -0.2) is 25.2 Å². The number of amides is 1. The maximum absolute atomic E-state index is 13.8. The van der Waals surface area contributed by atoms with Crippen LogP contribution in [-0.2, 0) is 21.4 Å². The maximum atomic E-state index is 13.8. The van der Waals surface area contributed by atoms with Gasteiger partial charge in [-0.15, -0.1) is 0 Å². The van der Waals surface area contributed by atoms with E-state index in [1.54, 1.807) is 24.3 Å². The second-order valence-corrected chi connectivity index (χ2v) is 8.28. The molecule has 1 N–H and O–H groups in total. The van der Waals surface area contributed by atoms with Gasteiger partial charge in [0, 0.05) is 6.07 Å². The SMILES string of the molecule is Cc1ccc(S(=O)(=O)N(CC(=O)Nc2ccc(F)cc2F)Cc2ccco2)cc1. The van der Waals surface area contributed by atoms with Gasteiger partial charge in [0.05, 0.1) is 29.9 Å². The highest BCUT2D eigenvalue weighted by atomic mass is 32.2. The number of anilines is 1. The van der Waals surface area contributed by atoms with E-state index < -0.39 is 34.1 Å². The second-order valence-electron chi connectivity index (χ2n) is 6.34. The molecule has 0 saturated carbocycles. The Bertz CT molecular complexity index is 1100. The molecule has 3 aromatic rings. The third-order valence-electron chi connectivity index (χ3n) is 4.10. The van der Waals surface area contributed by atoms with Crippen molar-refractivity contribution in [3.63, 3.8) is 0 Å². The summed E-state index contributed by atoms with van der Waals surface area (Å²) in [6, 6.07) is 12.0. The van der Waals surface area contributed by atoms with Crippen molar-refractivity contribution in [1.29, 1.82) is 0 Å². The summed E-state index contributed by atoms with van der Waals surface area (Å²) in [4.78, 5) is 12.4. The van der Waals surface area contributed by atoms with Crippen LogP contribution in [0.25, 0.3) is 0 Å². The van der Waals surface area contributed by atoms with Crippen LogP contribution in [0.4, 0.5) is 14.5 Å². The molecule has 0 fully saturated rings. The minimum atomic E-state index is -4.04. The molecule has 0 radical (unpaired) electrons. The number of carbonyl (C=O) groups is 1. The van der Waals surface area contributed by atoms with Crippen LogP contribution in [0.15, 0.2) is 70.2 Å². The van der Waals surface area contributed by atoms with Gasteiger partial charge in [0.15, 0.2) is 0 Å². The third kappa shape index (κ3) is 5.07. The highest BCUT2D eigenvalue weighted by Crippen LogP contribution is 2.20. The van der Waals surface area contributed by atoms with Crippen molar-refractivity contribution in [3.05, 3.63) is 83.8 Å². The Labute approximate surface area is 166 Å². The van der Waals surface area contributed by atoms with E-state index in [0.29, 0.717) is 11.8 Å². The van der Waals surface area contributed by atoms with Gasteiger partial charge >= 0.3 is 0 Å². The lowest BCUT2D eigenvalue weighted by Crippen LogP contribution is -2.37.